The van der Waals surface area contributed by atoms with Crippen molar-refractivity contribution in [2.75, 3.05) is 5.32 Å². The summed E-state index contributed by atoms with van der Waals surface area (Å²) in [6.07, 6.45) is 1.61. The van der Waals surface area contributed by atoms with Gasteiger partial charge in [0.05, 0.1) is 6.20 Å². The van der Waals surface area contributed by atoms with E-state index in [0.717, 1.165) is 0 Å². The van der Waals surface area contributed by atoms with Crippen LogP contribution in [-0.2, 0) is 4.79 Å². The maximum Gasteiger partial charge on any atom is 0.228 e. The predicted octanol–water partition coefficient (Wildman–Crippen LogP) is 1.64. The molecular weight excluding hydrogens is 166 g/mol. The molecule has 0 saturated heterocycles. The summed E-state index contributed by atoms with van der Waals surface area (Å²) < 4.78 is 0. The van der Waals surface area contributed by atoms with E-state index in [9.17, 15) is 4.79 Å². The zero-order chi connectivity index (χ0) is 9.84. The van der Waals surface area contributed by atoms with Gasteiger partial charge in [-0.2, -0.15) is 5.10 Å². The summed E-state index contributed by atoms with van der Waals surface area (Å²) in [6, 6.07) is 1.73. The second-order valence-electron chi connectivity index (χ2n) is 3.49. The zero-order valence-electron chi connectivity index (χ0n) is 8.16. The Hall–Kier alpha value is -1.32. The molecule has 72 valence electrons. The van der Waals surface area contributed by atoms with Crippen LogP contribution in [0.15, 0.2) is 12.3 Å². The van der Waals surface area contributed by atoms with E-state index in [1.165, 1.54) is 0 Å². The molecule has 1 rings (SSSR count). The van der Waals surface area contributed by atoms with Crippen molar-refractivity contribution < 1.29 is 4.79 Å². The zero-order valence-corrected chi connectivity index (χ0v) is 8.16. The van der Waals surface area contributed by atoms with Gasteiger partial charge in [-0.1, -0.05) is 20.8 Å². The van der Waals surface area contributed by atoms with Crippen LogP contribution in [0.2, 0.25) is 0 Å². The summed E-state index contributed by atoms with van der Waals surface area (Å²) in [5, 5.41) is 9.17. The maximum atomic E-state index is 11.5. The maximum absolute atomic E-state index is 11.5. The number of anilines is 1. The molecule has 0 radical (unpaired) electrons. The highest BCUT2D eigenvalue weighted by molar-refractivity contribution is 5.91. The van der Waals surface area contributed by atoms with Crippen LogP contribution in [0.25, 0.3) is 0 Å². The molecule has 1 heterocycles. The van der Waals surface area contributed by atoms with Gasteiger partial charge in [0, 0.05) is 12.0 Å². The Balaban J connectivity index is 2.51. The minimum atomic E-state index is 0.0169. The minimum absolute atomic E-state index is 0.0169. The smallest absolute Gasteiger partial charge is 0.228 e. The van der Waals surface area contributed by atoms with Gasteiger partial charge in [0.25, 0.3) is 0 Å². The van der Waals surface area contributed by atoms with Gasteiger partial charge in [0.1, 0.15) is 5.82 Å². The summed E-state index contributed by atoms with van der Waals surface area (Å²) >= 11 is 0. The minimum Gasteiger partial charge on any atom is -0.311 e. The SMILES string of the molecule is CC(C)C(C)C(=O)Nc1ccn[nH]1. The summed E-state index contributed by atoms with van der Waals surface area (Å²) in [4.78, 5) is 11.5. The number of nitrogens with one attached hydrogen (secondary N) is 2. The topological polar surface area (TPSA) is 57.8 Å². The van der Waals surface area contributed by atoms with Crippen LogP contribution in [0.1, 0.15) is 20.8 Å². The number of H-pyrrole nitrogens is 1. The number of aromatic amines is 1. The predicted molar refractivity (Wildman–Crippen MR) is 51.2 cm³/mol. The lowest BCUT2D eigenvalue weighted by atomic mass is 9.97. The van der Waals surface area contributed by atoms with E-state index in [0.29, 0.717) is 11.7 Å². The molecule has 1 atom stereocenters. The summed E-state index contributed by atoms with van der Waals surface area (Å²) in [7, 11) is 0. The third-order valence-electron chi connectivity index (χ3n) is 2.17. The molecule has 1 aromatic heterocycles. The van der Waals surface area contributed by atoms with Gasteiger partial charge in [-0.15, -0.1) is 0 Å². The molecule has 0 saturated carbocycles. The quantitative estimate of drug-likeness (QED) is 0.744. The van der Waals surface area contributed by atoms with Crippen molar-refractivity contribution in [2.45, 2.75) is 20.8 Å². The lowest BCUT2D eigenvalue weighted by Gasteiger charge is -2.13. The second kappa shape index (κ2) is 4.07. The Morgan fingerprint density at radius 2 is 2.23 bits per heavy atom. The van der Waals surface area contributed by atoms with Gasteiger partial charge < -0.3 is 5.32 Å². The number of carbonyl (C=O) groups excluding carboxylic acids is 1. The van der Waals surface area contributed by atoms with Gasteiger partial charge in [0.2, 0.25) is 5.91 Å². The normalized spacial score (nSPS) is 12.9. The number of nitrogens with zero attached hydrogens (tertiary/aromatic N) is 1. The van der Waals surface area contributed by atoms with E-state index in [2.05, 4.69) is 15.5 Å². The lowest BCUT2D eigenvalue weighted by Crippen LogP contribution is -2.24. The van der Waals surface area contributed by atoms with Gasteiger partial charge in [-0.25, -0.2) is 0 Å². The molecule has 4 nitrogen and oxygen atoms in total. The first kappa shape index (κ1) is 9.77. The lowest BCUT2D eigenvalue weighted by molar-refractivity contribution is -0.120. The standard InChI is InChI=1S/C9H15N3O/c1-6(2)7(3)9(13)11-8-4-5-10-12-8/h4-7H,1-3H3,(H2,10,11,12,13). The first-order chi connectivity index (χ1) is 6.11. The largest absolute Gasteiger partial charge is 0.311 e. The number of rotatable bonds is 3. The van der Waals surface area contributed by atoms with Crippen LogP contribution in [0.5, 0.6) is 0 Å². The molecule has 0 aliphatic rings. The summed E-state index contributed by atoms with van der Waals surface area (Å²) in [5.74, 6) is 1.04. The summed E-state index contributed by atoms with van der Waals surface area (Å²) in [6.45, 7) is 5.96. The Labute approximate surface area is 77.7 Å². The van der Waals surface area contributed by atoms with Gasteiger partial charge in [0.15, 0.2) is 0 Å². The number of carbonyl (C=O) groups is 1. The van der Waals surface area contributed by atoms with Crippen LogP contribution < -0.4 is 5.32 Å². The highest BCUT2D eigenvalue weighted by atomic mass is 16.1. The molecule has 0 aliphatic carbocycles. The van der Waals surface area contributed by atoms with Crippen molar-refractivity contribution in [3.63, 3.8) is 0 Å². The summed E-state index contributed by atoms with van der Waals surface area (Å²) in [5.41, 5.74) is 0. The monoisotopic (exact) mass is 181 g/mol. The van der Waals surface area contributed by atoms with Crippen molar-refractivity contribution >= 4 is 11.7 Å². The molecular formula is C9H15N3O. The number of hydrogen-bond acceptors (Lipinski definition) is 2. The van der Waals surface area contributed by atoms with Gasteiger partial charge in [-0.3, -0.25) is 9.89 Å². The van der Waals surface area contributed by atoms with Gasteiger partial charge >= 0.3 is 0 Å². The average Bonchev–Trinajstić information content (AvgIpc) is 2.55. The molecule has 4 heteroatoms. The molecule has 0 spiro atoms. The number of amides is 1. The molecule has 1 aromatic rings. The molecule has 1 amide bonds. The molecule has 2 N–H and O–H groups in total. The highest BCUT2D eigenvalue weighted by Gasteiger charge is 2.16. The van der Waals surface area contributed by atoms with E-state index >= 15 is 0 Å². The van der Waals surface area contributed by atoms with Crippen LogP contribution in [0.3, 0.4) is 0 Å². The van der Waals surface area contributed by atoms with Crippen molar-refractivity contribution in [1.29, 1.82) is 0 Å². The Morgan fingerprint density at radius 3 is 2.69 bits per heavy atom. The average molecular weight is 181 g/mol. The van der Waals surface area contributed by atoms with Crippen molar-refractivity contribution in [3.05, 3.63) is 12.3 Å². The Morgan fingerprint density at radius 1 is 1.54 bits per heavy atom. The van der Waals surface area contributed by atoms with Crippen LogP contribution >= 0.6 is 0 Å². The molecule has 13 heavy (non-hydrogen) atoms. The van der Waals surface area contributed by atoms with E-state index in [-0.39, 0.29) is 11.8 Å². The van der Waals surface area contributed by atoms with Gasteiger partial charge in [-0.05, 0) is 5.92 Å². The first-order valence-electron chi connectivity index (χ1n) is 4.41. The van der Waals surface area contributed by atoms with Crippen LogP contribution in [-0.4, -0.2) is 16.1 Å². The molecule has 0 fully saturated rings. The van der Waals surface area contributed by atoms with Crippen molar-refractivity contribution in [2.24, 2.45) is 11.8 Å². The van der Waals surface area contributed by atoms with E-state index < -0.39 is 0 Å². The Bertz CT molecular complexity index is 266. The first-order valence-corrected chi connectivity index (χ1v) is 4.41. The van der Waals surface area contributed by atoms with E-state index in [4.69, 9.17) is 0 Å². The van der Waals surface area contributed by atoms with Crippen molar-refractivity contribution in [1.82, 2.24) is 10.2 Å². The number of aromatic nitrogens is 2. The van der Waals surface area contributed by atoms with E-state index in [1.807, 2.05) is 20.8 Å². The van der Waals surface area contributed by atoms with Crippen LogP contribution in [0.4, 0.5) is 5.82 Å². The third-order valence-corrected chi connectivity index (χ3v) is 2.17. The third kappa shape index (κ3) is 2.57. The Kier molecular flexibility index (Phi) is 3.06. The fourth-order valence-electron chi connectivity index (χ4n) is 0.875. The highest BCUT2D eigenvalue weighted by Crippen LogP contribution is 2.11. The van der Waals surface area contributed by atoms with Crippen LogP contribution in [0, 0.1) is 11.8 Å². The molecule has 0 aromatic carbocycles. The fraction of sp³-hybridized carbons (Fsp3) is 0.556. The fourth-order valence-corrected chi connectivity index (χ4v) is 0.875. The molecule has 0 aliphatic heterocycles. The molecule has 0 bridgehead atoms. The van der Waals surface area contributed by atoms with E-state index in [1.54, 1.807) is 12.3 Å². The second-order valence-corrected chi connectivity index (χ2v) is 3.49. The number of hydrogen-bond donors (Lipinski definition) is 2. The molecule has 1 unspecified atom stereocenters. The van der Waals surface area contributed by atoms with Crippen molar-refractivity contribution in [3.8, 4) is 0 Å².